The number of nitrogens with two attached hydrogens (primary N) is 1. The largest absolute Gasteiger partial charge is 0.330 e. The zero-order valence-electron chi connectivity index (χ0n) is 15.0. The van der Waals surface area contributed by atoms with Crippen molar-refractivity contribution in [2.75, 3.05) is 17.2 Å². The van der Waals surface area contributed by atoms with Gasteiger partial charge in [0.25, 0.3) is 5.91 Å². The number of hydrogen-bond acceptors (Lipinski definition) is 3. The Morgan fingerprint density at radius 2 is 1.37 bits per heavy atom. The van der Waals surface area contributed by atoms with E-state index >= 15 is 0 Å². The minimum Gasteiger partial charge on any atom is -0.330 e. The highest BCUT2D eigenvalue weighted by Gasteiger charge is 2.07. The Balaban J connectivity index is 0.00000364. The van der Waals surface area contributed by atoms with E-state index in [4.69, 9.17) is 17.3 Å². The summed E-state index contributed by atoms with van der Waals surface area (Å²) < 4.78 is 0. The third-order valence-electron chi connectivity index (χ3n) is 3.89. The molecule has 2 aromatic rings. The molecule has 0 spiro atoms. The van der Waals surface area contributed by atoms with Crippen LogP contribution < -0.4 is 16.4 Å². The molecule has 0 unspecified atom stereocenters. The van der Waals surface area contributed by atoms with Crippen molar-refractivity contribution in [3.63, 3.8) is 0 Å². The van der Waals surface area contributed by atoms with E-state index < -0.39 is 0 Å². The quantitative estimate of drug-likeness (QED) is 0.516. The van der Waals surface area contributed by atoms with Gasteiger partial charge in [-0.3, -0.25) is 9.59 Å². The second kappa shape index (κ2) is 12.3. The molecule has 4 N–H and O–H groups in total. The van der Waals surface area contributed by atoms with Gasteiger partial charge in [0.05, 0.1) is 0 Å². The van der Waals surface area contributed by atoms with Crippen LogP contribution in [0.15, 0.2) is 48.5 Å². The first-order valence-electron chi connectivity index (χ1n) is 8.75. The van der Waals surface area contributed by atoms with Crippen LogP contribution in [0.3, 0.4) is 0 Å². The summed E-state index contributed by atoms with van der Waals surface area (Å²) in [7, 11) is 0. The fraction of sp³-hybridized carbons (Fsp3) is 0.300. The van der Waals surface area contributed by atoms with E-state index in [1.165, 1.54) is 0 Å². The van der Waals surface area contributed by atoms with Crippen molar-refractivity contribution in [3.05, 3.63) is 59.1 Å². The molecule has 0 radical (unpaired) electrons. The van der Waals surface area contributed by atoms with Crippen molar-refractivity contribution >= 4 is 47.2 Å². The number of nitrogens with one attached hydrogen (secondary N) is 2. The minimum absolute atomic E-state index is 0. The van der Waals surface area contributed by atoms with Crippen LogP contribution in [0, 0.1) is 0 Å². The summed E-state index contributed by atoms with van der Waals surface area (Å²) in [6, 6.07) is 13.7. The van der Waals surface area contributed by atoms with E-state index in [0.29, 0.717) is 34.9 Å². The molecule has 0 fully saturated rings. The molecule has 0 saturated carbocycles. The van der Waals surface area contributed by atoms with Crippen LogP contribution in [-0.2, 0) is 4.79 Å². The maximum atomic E-state index is 12.1. The predicted molar refractivity (Wildman–Crippen MR) is 114 cm³/mol. The Morgan fingerprint density at radius 3 is 1.96 bits per heavy atom. The smallest absolute Gasteiger partial charge is 0.255 e. The van der Waals surface area contributed by atoms with Crippen molar-refractivity contribution in [2.45, 2.75) is 32.1 Å². The van der Waals surface area contributed by atoms with Gasteiger partial charge in [0.15, 0.2) is 0 Å². The fourth-order valence-electron chi connectivity index (χ4n) is 2.45. The molecule has 2 aromatic carbocycles. The number of hydrogen-bond donors (Lipinski definition) is 3. The normalized spacial score (nSPS) is 10.0. The Kier molecular flexibility index (Phi) is 10.5. The zero-order valence-corrected chi connectivity index (χ0v) is 16.6. The van der Waals surface area contributed by atoms with E-state index in [9.17, 15) is 9.59 Å². The molecule has 0 aliphatic heterocycles. The summed E-state index contributed by atoms with van der Waals surface area (Å²) in [4.78, 5) is 24.1. The van der Waals surface area contributed by atoms with Gasteiger partial charge in [-0.15, -0.1) is 12.4 Å². The van der Waals surface area contributed by atoms with Crippen molar-refractivity contribution in [3.8, 4) is 0 Å². The number of benzene rings is 2. The number of amides is 2. The Hall–Kier alpha value is -2.08. The summed E-state index contributed by atoms with van der Waals surface area (Å²) in [5, 5.41) is 6.25. The summed E-state index contributed by atoms with van der Waals surface area (Å²) in [5.74, 6) is -0.216. The van der Waals surface area contributed by atoms with Gasteiger partial charge >= 0.3 is 0 Å². The second-order valence-electron chi connectivity index (χ2n) is 6.04. The van der Waals surface area contributed by atoms with Gasteiger partial charge in [-0.1, -0.05) is 24.4 Å². The van der Waals surface area contributed by atoms with E-state index in [1.807, 2.05) is 0 Å². The molecular weight excluding hydrogens is 385 g/mol. The molecule has 2 amide bonds. The van der Waals surface area contributed by atoms with Crippen molar-refractivity contribution in [1.29, 1.82) is 0 Å². The number of carbonyl (C=O) groups is 2. The lowest BCUT2D eigenvalue weighted by Gasteiger charge is -2.08. The third-order valence-corrected chi connectivity index (χ3v) is 4.14. The number of unbranched alkanes of at least 4 members (excludes halogenated alkanes) is 3. The average molecular weight is 410 g/mol. The van der Waals surface area contributed by atoms with Gasteiger partial charge in [-0.25, -0.2) is 0 Å². The molecule has 5 nitrogen and oxygen atoms in total. The minimum atomic E-state index is -0.212. The molecule has 7 heteroatoms. The molecule has 0 heterocycles. The fourth-order valence-corrected chi connectivity index (χ4v) is 2.57. The van der Waals surface area contributed by atoms with Crippen molar-refractivity contribution in [1.82, 2.24) is 0 Å². The number of rotatable bonds is 9. The molecular formula is C20H25Cl2N3O2. The van der Waals surface area contributed by atoms with Gasteiger partial charge < -0.3 is 16.4 Å². The van der Waals surface area contributed by atoms with Crippen LogP contribution in [0.5, 0.6) is 0 Å². The number of anilines is 2. The first-order valence-corrected chi connectivity index (χ1v) is 9.13. The first kappa shape index (κ1) is 23.0. The van der Waals surface area contributed by atoms with E-state index in [2.05, 4.69) is 10.6 Å². The highest BCUT2D eigenvalue weighted by Crippen LogP contribution is 2.16. The maximum Gasteiger partial charge on any atom is 0.255 e. The zero-order chi connectivity index (χ0) is 18.8. The molecule has 27 heavy (non-hydrogen) atoms. The predicted octanol–water partition coefficient (Wildman–Crippen LogP) is 4.86. The van der Waals surface area contributed by atoms with Gasteiger partial charge in [-0.2, -0.15) is 0 Å². The van der Waals surface area contributed by atoms with Crippen LogP contribution in [0.1, 0.15) is 42.5 Å². The van der Waals surface area contributed by atoms with Gasteiger partial charge in [-0.05, 0) is 67.9 Å². The molecule has 0 saturated heterocycles. The van der Waals surface area contributed by atoms with Crippen LogP contribution in [0.2, 0.25) is 5.02 Å². The highest BCUT2D eigenvalue weighted by atomic mass is 35.5. The molecule has 0 bridgehead atoms. The summed E-state index contributed by atoms with van der Waals surface area (Å²) >= 11 is 5.82. The standard InChI is InChI=1S/C20H24ClN3O2.ClH/c21-16-8-6-15(7-9-16)20(26)24-18-12-10-17(11-13-18)23-19(25)5-3-1-2-4-14-22;/h6-13H,1-5,14,22H2,(H,23,25)(H,24,26);1H. The van der Waals surface area contributed by atoms with Crippen LogP contribution >= 0.6 is 24.0 Å². The first-order chi connectivity index (χ1) is 12.6. The molecule has 2 rings (SSSR count). The topological polar surface area (TPSA) is 84.2 Å². The van der Waals surface area contributed by atoms with E-state index in [-0.39, 0.29) is 24.2 Å². The average Bonchev–Trinajstić information content (AvgIpc) is 2.63. The summed E-state index contributed by atoms with van der Waals surface area (Å²) in [6.45, 7) is 0.701. The van der Waals surface area contributed by atoms with E-state index in [0.717, 1.165) is 25.7 Å². The summed E-state index contributed by atoms with van der Waals surface area (Å²) in [5.41, 5.74) is 7.34. The lowest BCUT2D eigenvalue weighted by atomic mass is 10.1. The monoisotopic (exact) mass is 409 g/mol. The van der Waals surface area contributed by atoms with Crippen LogP contribution in [0.4, 0.5) is 11.4 Å². The highest BCUT2D eigenvalue weighted by molar-refractivity contribution is 6.30. The van der Waals surface area contributed by atoms with E-state index in [1.54, 1.807) is 48.5 Å². The van der Waals surface area contributed by atoms with Gasteiger partial charge in [0.2, 0.25) is 5.91 Å². The lowest BCUT2D eigenvalue weighted by molar-refractivity contribution is -0.116. The van der Waals surface area contributed by atoms with Crippen molar-refractivity contribution in [2.24, 2.45) is 5.73 Å². The summed E-state index contributed by atoms with van der Waals surface area (Å²) in [6.07, 6.45) is 4.44. The Bertz CT molecular complexity index is 719. The van der Waals surface area contributed by atoms with Gasteiger partial charge in [0, 0.05) is 28.4 Å². The molecule has 0 atom stereocenters. The van der Waals surface area contributed by atoms with Crippen LogP contribution in [-0.4, -0.2) is 18.4 Å². The Labute approximate surface area is 171 Å². The molecule has 0 aromatic heterocycles. The number of carbonyl (C=O) groups excluding carboxylic acids is 2. The van der Waals surface area contributed by atoms with Crippen LogP contribution in [0.25, 0.3) is 0 Å². The molecule has 146 valence electrons. The molecule has 0 aliphatic carbocycles. The third kappa shape index (κ3) is 8.43. The second-order valence-corrected chi connectivity index (χ2v) is 6.48. The number of halogens is 2. The maximum absolute atomic E-state index is 12.1. The molecule has 0 aliphatic rings. The SMILES string of the molecule is Cl.NCCCCCCC(=O)Nc1ccc(NC(=O)c2ccc(Cl)cc2)cc1. The van der Waals surface area contributed by atoms with Crippen molar-refractivity contribution < 1.29 is 9.59 Å². The van der Waals surface area contributed by atoms with Gasteiger partial charge in [0.1, 0.15) is 0 Å². The Morgan fingerprint density at radius 1 is 0.815 bits per heavy atom. The lowest BCUT2D eigenvalue weighted by Crippen LogP contribution is -2.13.